The van der Waals surface area contributed by atoms with Crippen molar-refractivity contribution in [3.63, 3.8) is 0 Å². The Morgan fingerprint density at radius 3 is 2.25 bits per heavy atom. The molecule has 1 aliphatic heterocycles. The van der Waals surface area contributed by atoms with Gasteiger partial charge in [-0.2, -0.15) is 0 Å². The Labute approximate surface area is 163 Å². The second-order valence-electron chi connectivity index (χ2n) is 7.22. The Bertz CT molecular complexity index is 888. The molecular formula is C22H22N2O4. The van der Waals surface area contributed by atoms with Crippen LogP contribution in [-0.4, -0.2) is 53.8 Å². The van der Waals surface area contributed by atoms with Crippen molar-refractivity contribution in [3.8, 4) is 11.1 Å². The minimum absolute atomic E-state index is 0.0132. The second kappa shape index (κ2) is 7.13. The molecule has 1 heterocycles. The molecule has 6 nitrogen and oxygen atoms in total. The lowest BCUT2D eigenvalue weighted by molar-refractivity contribution is -0.151. The Morgan fingerprint density at radius 2 is 1.71 bits per heavy atom. The molecule has 144 valence electrons. The normalized spacial score (nSPS) is 16.6. The van der Waals surface area contributed by atoms with Gasteiger partial charge in [-0.15, -0.1) is 6.58 Å². The summed E-state index contributed by atoms with van der Waals surface area (Å²) in [6.45, 7) is 4.33. The van der Waals surface area contributed by atoms with E-state index in [-0.39, 0.29) is 25.6 Å². The van der Waals surface area contributed by atoms with Gasteiger partial charge in [0.05, 0.1) is 13.1 Å². The number of hydrogen-bond donors (Lipinski definition) is 2. The van der Waals surface area contributed by atoms with Crippen LogP contribution in [-0.2, 0) is 9.53 Å². The van der Waals surface area contributed by atoms with E-state index in [0.717, 1.165) is 11.1 Å². The second-order valence-corrected chi connectivity index (χ2v) is 7.22. The van der Waals surface area contributed by atoms with Crippen LogP contribution in [0.1, 0.15) is 17.0 Å². The van der Waals surface area contributed by atoms with E-state index < -0.39 is 17.6 Å². The lowest BCUT2D eigenvalue weighted by Gasteiger charge is -2.46. The molecule has 0 radical (unpaired) electrons. The summed E-state index contributed by atoms with van der Waals surface area (Å²) in [5, 5.41) is 12.4. The van der Waals surface area contributed by atoms with Gasteiger partial charge in [-0.25, -0.2) is 4.79 Å². The van der Waals surface area contributed by atoms with Crippen molar-refractivity contribution in [1.82, 2.24) is 10.2 Å². The number of carboxylic acids is 1. The SMILES string of the molecule is C=CCNC1(C(=O)O)CN(C(=O)OCC2c3ccccc3-c3ccccc32)C1. The third-order valence-corrected chi connectivity index (χ3v) is 5.51. The summed E-state index contributed by atoms with van der Waals surface area (Å²) in [4.78, 5) is 25.4. The first-order chi connectivity index (χ1) is 13.6. The third kappa shape index (κ3) is 2.96. The monoisotopic (exact) mass is 378 g/mol. The molecule has 0 aromatic heterocycles. The molecule has 0 unspecified atom stereocenters. The fraction of sp³-hybridized carbons (Fsp3) is 0.273. The number of benzene rings is 2. The van der Waals surface area contributed by atoms with Gasteiger partial charge in [0.2, 0.25) is 0 Å². The highest BCUT2D eigenvalue weighted by Gasteiger charge is 2.51. The van der Waals surface area contributed by atoms with Crippen molar-refractivity contribution >= 4 is 12.1 Å². The standard InChI is InChI=1S/C22H22N2O4/c1-2-11-23-22(20(25)26)13-24(14-22)21(27)28-12-19-17-9-5-3-7-15(17)16-8-4-6-10-18(16)19/h2-10,19,23H,1,11-14H2,(H,25,26). The summed E-state index contributed by atoms with van der Waals surface area (Å²) >= 11 is 0. The van der Waals surface area contributed by atoms with Crippen LogP contribution in [0.2, 0.25) is 0 Å². The van der Waals surface area contributed by atoms with Gasteiger partial charge in [-0.1, -0.05) is 54.6 Å². The number of rotatable bonds is 6. The van der Waals surface area contributed by atoms with E-state index in [1.165, 1.54) is 16.0 Å². The van der Waals surface area contributed by atoms with Crippen molar-refractivity contribution in [2.45, 2.75) is 11.5 Å². The Morgan fingerprint density at radius 1 is 1.14 bits per heavy atom. The van der Waals surface area contributed by atoms with Gasteiger partial charge < -0.3 is 14.7 Å². The van der Waals surface area contributed by atoms with Crippen LogP contribution in [0, 0.1) is 0 Å². The van der Waals surface area contributed by atoms with E-state index in [0.29, 0.717) is 6.54 Å². The van der Waals surface area contributed by atoms with E-state index >= 15 is 0 Å². The van der Waals surface area contributed by atoms with Crippen LogP contribution in [0.25, 0.3) is 11.1 Å². The number of carboxylic acid groups (broad SMARTS) is 1. The minimum atomic E-state index is -1.13. The Kier molecular flexibility index (Phi) is 4.65. The number of aliphatic carboxylic acids is 1. The maximum atomic E-state index is 12.5. The minimum Gasteiger partial charge on any atom is -0.480 e. The lowest BCUT2D eigenvalue weighted by atomic mass is 9.90. The van der Waals surface area contributed by atoms with E-state index in [1.54, 1.807) is 6.08 Å². The van der Waals surface area contributed by atoms with Crippen LogP contribution < -0.4 is 5.32 Å². The quantitative estimate of drug-likeness (QED) is 0.756. The van der Waals surface area contributed by atoms with Crippen LogP contribution in [0.15, 0.2) is 61.2 Å². The van der Waals surface area contributed by atoms with Gasteiger partial charge in [-0.3, -0.25) is 10.1 Å². The molecule has 28 heavy (non-hydrogen) atoms. The molecule has 2 aliphatic rings. The van der Waals surface area contributed by atoms with Gasteiger partial charge in [0, 0.05) is 12.5 Å². The highest BCUT2D eigenvalue weighted by molar-refractivity contribution is 5.84. The summed E-state index contributed by atoms with van der Waals surface area (Å²) in [5.41, 5.74) is 3.50. The number of likely N-dealkylation sites (tertiary alicyclic amines) is 1. The van der Waals surface area contributed by atoms with E-state index in [1.807, 2.05) is 24.3 Å². The maximum Gasteiger partial charge on any atom is 0.409 e. The topological polar surface area (TPSA) is 78.9 Å². The van der Waals surface area contributed by atoms with Crippen molar-refractivity contribution in [1.29, 1.82) is 0 Å². The fourth-order valence-corrected chi connectivity index (χ4v) is 4.01. The zero-order valence-electron chi connectivity index (χ0n) is 15.4. The van der Waals surface area contributed by atoms with Crippen LogP contribution >= 0.6 is 0 Å². The van der Waals surface area contributed by atoms with Gasteiger partial charge in [-0.05, 0) is 22.3 Å². The maximum absolute atomic E-state index is 12.5. The number of nitrogens with zero attached hydrogens (tertiary/aromatic N) is 1. The molecule has 0 bridgehead atoms. The molecule has 6 heteroatoms. The number of nitrogens with one attached hydrogen (secondary N) is 1. The molecule has 1 aliphatic carbocycles. The summed E-state index contributed by atoms with van der Waals surface area (Å²) in [6, 6.07) is 16.3. The molecule has 2 aromatic carbocycles. The first kappa shape index (κ1) is 18.3. The predicted molar refractivity (Wildman–Crippen MR) is 105 cm³/mol. The summed E-state index contributed by atoms with van der Waals surface area (Å²) in [7, 11) is 0. The smallest absolute Gasteiger partial charge is 0.409 e. The molecule has 0 atom stereocenters. The number of carbonyl (C=O) groups excluding carboxylic acids is 1. The van der Waals surface area contributed by atoms with Gasteiger partial charge in [0.15, 0.2) is 5.54 Å². The van der Waals surface area contributed by atoms with Gasteiger partial charge in [0.1, 0.15) is 6.61 Å². The fourth-order valence-electron chi connectivity index (χ4n) is 4.01. The van der Waals surface area contributed by atoms with Crippen molar-refractivity contribution in [2.75, 3.05) is 26.2 Å². The van der Waals surface area contributed by atoms with Crippen molar-refractivity contribution in [3.05, 3.63) is 72.3 Å². The van der Waals surface area contributed by atoms with E-state index in [9.17, 15) is 14.7 Å². The predicted octanol–water partition coefficient (Wildman–Crippen LogP) is 2.85. The molecule has 1 fully saturated rings. The zero-order chi connectivity index (χ0) is 19.7. The molecule has 0 spiro atoms. The molecule has 0 saturated carbocycles. The van der Waals surface area contributed by atoms with E-state index in [4.69, 9.17) is 4.74 Å². The number of amides is 1. The summed E-state index contributed by atoms with van der Waals surface area (Å²) in [6.07, 6.45) is 1.11. The van der Waals surface area contributed by atoms with Crippen LogP contribution in [0.5, 0.6) is 0 Å². The number of hydrogen-bond acceptors (Lipinski definition) is 4. The van der Waals surface area contributed by atoms with Crippen molar-refractivity contribution in [2.24, 2.45) is 0 Å². The Hall–Kier alpha value is -3.12. The average Bonchev–Trinajstić information content (AvgIpc) is 2.99. The molecule has 1 saturated heterocycles. The summed E-state index contributed by atoms with van der Waals surface area (Å²) < 4.78 is 5.57. The number of ether oxygens (including phenoxy) is 1. The van der Waals surface area contributed by atoms with Crippen LogP contribution in [0.3, 0.4) is 0 Å². The highest BCUT2D eigenvalue weighted by atomic mass is 16.6. The largest absolute Gasteiger partial charge is 0.480 e. The van der Waals surface area contributed by atoms with Gasteiger partial charge >= 0.3 is 12.1 Å². The number of fused-ring (bicyclic) bond motifs is 3. The first-order valence-electron chi connectivity index (χ1n) is 9.25. The molecule has 1 amide bonds. The highest BCUT2D eigenvalue weighted by Crippen LogP contribution is 2.44. The third-order valence-electron chi connectivity index (χ3n) is 5.51. The number of carbonyl (C=O) groups is 2. The molecule has 2 aromatic rings. The zero-order valence-corrected chi connectivity index (χ0v) is 15.4. The first-order valence-corrected chi connectivity index (χ1v) is 9.25. The van der Waals surface area contributed by atoms with Gasteiger partial charge in [0.25, 0.3) is 0 Å². The Balaban J connectivity index is 1.42. The summed E-state index contributed by atoms with van der Waals surface area (Å²) in [5.74, 6) is -0.988. The molecule has 2 N–H and O–H groups in total. The average molecular weight is 378 g/mol. The molecule has 4 rings (SSSR count). The van der Waals surface area contributed by atoms with Crippen LogP contribution in [0.4, 0.5) is 4.79 Å². The molecular weight excluding hydrogens is 356 g/mol. The van der Waals surface area contributed by atoms with E-state index in [2.05, 4.69) is 36.2 Å². The lowest BCUT2D eigenvalue weighted by Crippen LogP contribution is -2.74. The van der Waals surface area contributed by atoms with Crippen molar-refractivity contribution < 1.29 is 19.4 Å².